The van der Waals surface area contributed by atoms with Crippen LogP contribution in [0.4, 0.5) is 0 Å². The van der Waals surface area contributed by atoms with E-state index < -0.39 is 12.1 Å². The van der Waals surface area contributed by atoms with Crippen LogP contribution < -0.4 is 5.32 Å². The topological polar surface area (TPSA) is 69.6 Å². The van der Waals surface area contributed by atoms with E-state index in [1.54, 1.807) is 0 Å². The fourth-order valence-electron chi connectivity index (χ4n) is 6.63. The average Bonchev–Trinajstić information content (AvgIpc) is 3.19. The first-order chi connectivity index (χ1) is 27.2. The van der Waals surface area contributed by atoms with Gasteiger partial charge in [-0.15, -0.1) is 0 Å². The highest BCUT2D eigenvalue weighted by Crippen LogP contribution is 2.15. The Morgan fingerprint density at radius 3 is 1.18 bits per heavy atom. The average molecular weight is 764 g/mol. The Morgan fingerprint density at radius 1 is 0.455 bits per heavy atom. The van der Waals surface area contributed by atoms with Gasteiger partial charge < -0.3 is 15.5 Å². The number of unbranched alkanes of at least 4 members (excludes halogenated alkanes) is 20. The SMILES string of the molecule is CC/C=C\C/C=C\C/C=C\C/C=C\C/C=C\C/C=C\C/C=C\CCCCCC(=O)NC(CO)C(O)CCCCCCCCCCCCCCCCCCCC. The monoisotopic (exact) mass is 764 g/mol. The summed E-state index contributed by atoms with van der Waals surface area (Å²) in [6.07, 6.45) is 66.6. The number of aliphatic hydroxyl groups is 2. The van der Waals surface area contributed by atoms with Gasteiger partial charge in [0.05, 0.1) is 18.8 Å². The fourth-order valence-corrected chi connectivity index (χ4v) is 6.63. The van der Waals surface area contributed by atoms with Crippen molar-refractivity contribution in [2.45, 2.75) is 225 Å². The van der Waals surface area contributed by atoms with Gasteiger partial charge in [0.15, 0.2) is 0 Å². The van der Waals surface area contributed by atoms with Crippen molar-refractivity contribution in [3.8, 4) is 0 Å². The molecular weight excluding hydrogens is 675 g/mol. The van der Waals surface area contributed by atoms with Crippen LogP contribution in [0, 0.1) is 0 Å². The predicted octanol–water partition coefficient (Wildman–Crippen LogP) is 14.9. The van der Waals surface area contributed by atoms with Gasteiger partial charge >= 0.3 is 0 Å². The van der Waals surface area contributed by atoms with Gasteiger partial charge in [-0.2, -0.15) is 0 Å². The van der Waals surface area contributed by atoms with Crippen molar-refractivity contribution in [3.05, 3.63) is 85.1 Å². The van der Waals surface area contributed by atoms with Gasteiger partial charge in [-0.25, -0.2) is 0 Å². The summed E-state index contributed by atoms with van der Waals surface area (Å²) in [5.74, 6) is -0.0657. The first-order valence-electron chi connectivity index (χ1n) is 23.3. The summed E-state index contributed by atoms with van der Waals surface area (Å²) in [7, 11) is 0. The first kappa shape index (κ1) is 52.6. The molecule has 0 saturated heterocycles. The lowest BCUT2D eigenvalue weighted by molar-refractivity contribution is -0.123. The molecule has 0 aliphatic heterocycles. The molecule has 0 radical (unpaired) electrons. The van der Waals surface area contributed by atoms with Crippen molar-refractivity contribution in [3.63, 3.8) is 0 Å². The summed E-state index contributed by atoms with van der Waals surface area (Å²) in [5.41, 5.74) is 0. The van der Waals surface area contributed by atoms with E-state index in [-0.39, 0.29) is 12.5 Å². The minimum absolute atomic E-state index is 0.0657. The Morgan fingerprint density at radius 2 is 0.800 bits per heavy atom. The van der Waals surface area contributed by atoms with E-state index in [2.05, 4.69) is 104 Å². The second-order valence-corrected chi connectivity index (χ2v) is 15.4. The molecule has 0 aromatic carbocycles. The summed E-state index contributed by atoms with van der Waals surface area (Å²) >= 11 is 0. The van der Waals surface area contributed by atoms with Crippen LogP contribution >= 0.6 is 0 Å². The Kier molecular flexibility index (Phi) is 43.9. The molecule has 0 aliphatic rings. The lowest BCUT2D eigenvalue weighted by Crippen LogP contribution is -2.45. The number of hydrogen-bond acceptors (Lipinski definition) is 3. The van der Waals surface area contributed by atoms with Crippen LogP contribution in [-0.4, -0.2) is 34.9 Å². The zero-order chi connectivity index (χ0) is 40.0. The number of allylic oxidation sites excluding steroid dienone is 14. The molecule has 0 heterocycles. The molecule has 4 nitrogen and oxygen atoms in total. The molecule has 316 valence electrons. The molecule has 0 aromatic heterocycles. The van der Waals surface area contributed by atoms with Crippen LogP contribution in [0.1, 0.15) is 213 Å². The summed E-state index contributed by atoms with van der Waals surface area (Å²) in [6, 6.07) is -0.560. The normalized spacial score (nSPS) is 13.7. The number of carbonyl (C=O) groups is 1. The molecule has 0 saturated carbocycles. The van der Waals surface area contributed by atoms with Crippen molar-refractivity contribution in [2.24, 2.45) is 0 Å². The third-order valence-electron chi connectivity index (χ3n) is 10.2. The smallest absolute Gasteiger partial charge is 0.220 e. The molecular formula is C51H89NO3. The molecule has 2 atom stereocenters. The van der Waals surface area contributed by atoms with Crippen molar-refractivity contribution >= 4 is 5.91 Å². The summed E-state index contributed by atoms with van der Waals surface area (Å²) < 4.78 is 0. The second-order valence-electron chi connectivity index (χ2n) is 15.4. The molecule has 3 N–H and O–H groups in total. The highest BCUT2D eigenvalue weighted by Gasteiger charge is 2.19. The van der Waals surface area contributed by atoms with E-state index in [0.29, 0.717) is 12.8 Å². The minimum atomic E-state index is -0.679. The standard InChI is InChI=1S/C51H89NO3/c1-3-5-7-9-11-13-15-17-19-21-23-24-25-26-27-28-29-31-33-35-37-39-41-43-45-47-51(55)52-49(48-53)50(54)46-44-42-40-38-36-34-32-30-22-20-18-16-14-12-10-8-6-4-2/h5,7,11,13,17,19,23-24,26-27,29,31,35,37,49-50,53-54H,3-4,6,8-10,12,14-16,18,20-22,25,28,30,32-34,36,38-48H2,1-2H3,(H,52,55)/b7-5-,13-11-,19-17-,24-23-,27-26-,31-29-,37-35-. The number of aliphatic hydroxyl groups excluding tert-OH is 2. The molecule has 0 aromatic rings. The third kappa shape index (κ3) is 42.6. The Labute approximate surface area is 341 Å². The predicted molar refractivity (Wildman–Crippen MR) is 243 cm³/mol. The quantitative estimate of drug-likeness (QED) is 0.0429. The lowest BCUT2D eigenvalue weighted by atomic mass is 10.0. The van der Waals surface area contributed by atoms with Crippen LogP contribution in [0.15, 0.2) is 85.1 Å². The number of rotatable bonds is 41. The molecule has 0 aliphatic carbocycles. The molecule has 1 amide bonds. The lowest BCUT2D eigenvalue weighted by Gasteiger charge is -2.22. The Hall–Kier alpha value is -2.43. The summed E-state index contributed by atoms with van der Waals surface area (Å²) in [5, 5.41) is 23.2. The Balaban J connectivity index is 3.65. The highest BCUT2D eigenvalue weighted by molar-refractivity contribution is 5.76. The van der Waals surface area contributed by atoms with Crippen LogP contribution in [0.3, 0.4) is 0 Å². The maximum absolute atomic E-state index is 12.4. The highest BCUT2D eigenvalue weighted by atomic mass is 16.3. The fraction of sp³-hybridized carbons (Fsp3) is 0.706. The maximum atomic E-state index is 12.4. The van der Waals surface area contributed by atoms with Gasteiger partial charge in [-0.1, -0.05) is 221 Å². The number of hydrogen-bond donors (Lipinski definition) is 3. The van der Waals surface area contributed by atoms with E-state index in [0.717, 1.165) is 83.5 Å². The van der Waals surface area contributed by atoms with Gasteiger partial charge in [-0.3, -0.25) is 4.79 Å². The van der Waals surface area contributed by atoms with Crippen LogP contribution in [-0.2, 0) is 4.79 Å². The van der Waals surface area contributed by atoms with Gasteiger partial charge in [-0.05, 0) is 70.6 Å². The number of amides is 1. The van der Waals surface area contributed by atoms with Gasteiger partial charge in [0, 0.05) is 6.42 Å². The largest absolute Gasteiger partial charge is 0.394 e. The Bertz CT molecular complexity index is 1000. The van der Waals surface area contributed by atoms with Crippen molar-refractivity contribution < 1.29 is 15.0 Å². The van der Waals surface area contributed by atoms with E-state index in [1.807, 2.05) is 0 Å². The van der Waals surface area contributed by atoms with Crippen LogP contribution in [0.25, 0.3) is 0 Å². The maximum Gasteiger partial charge on any atom is 0.220 e. The zero-order valence-electron chi connectivity index (χ0n) is 36.2. The summed E-state index contributed by atoms with van der Waals surface area (Å²) in [6.45, 7) is 4.23. The van der Waals surface area contributed by atoms with Crippen molar-refractivity contribution in [1.82, 2.24) is 5.32 Å². The molecule has 0 rings (SSSR count). The van der Waals surface area contributed by atoms with E-state index >= 15 is 0 Å². The molecule has 2 unspecified atom stereocenters. The van der Waals surface area contributed by atoms with Crippen LogP contribution in [0.5, 0.6) is 0 Å². The van der Waals surface area contributed by atoms with Crippen LogP contribution in [0.2, 0.25) is 0 Å². The van der Waals surface area contributed by atoms with Gasteiger partial charge in [0.2, 0.25) is 5.91 Å². The number of nitrogens with one attached hydrogen (secondary N) is 1. The van der Waals surface area contributed by atoms with Crippen molar-refractivity contribution in [1.29, 1.82) is 0 Å². The van der Waals surface area contributed by atoms with E-state index in [1.165, 1.54) is 103 Å². The van der Waals surface area contributed by atoms with E-state index in [4.69, 9.17) is 0 Å². The second kappa shape index (κ2) is 46.0. The van der Waals surface area contributed by atoms with Gasteiger partial charge in [0.1, 0.15) is 0 Å². The molecule has 0 fully saturated rings. The van der Waals surface area contributed by atoms with Crippen molar-refractivity contribution in [2.75, 3.05) is 6.61 Å². The first-order valence-corrected chi connectivity index (χ1v) is 23.3. The molecule has 0 bridgehead atoms. The number of carbonyl (C=O) groups excluding carboxylic acids is 1. The molecule has 55 heavy (non-hydrogen) atoms. The van der Waals surface area contributed by atoms with E-state index in [9.17, 15) is 15.0 Å². The summed E-state index contributed by atoms with van der Waals surface area (Å²) in [4.78, 5) is 12.4. The minimum Gasteiger partial charge on any atom is -0.394 e. The molecule has 0 spiro atoms. The third-order valence-corrected chi connectivity index (χ3v) is 10.2. The molecule has 4 heteroatoms. The van der Waals surface area contributed by atoms with Gasteiger partial charge in [0.25, 0.3) is 0 Å². The zero-order valence-corrected chi connectivity index (χ0v) is 36.2.